The summed E-state index contributed by atoms with van der Waals surface area (Å²) in [6, 6.07) is 9.16. The van der Waals surface area contributed by atoms with Crippen LogP contribution in [-0.4, -0.2) is 23.7 Å². The van der Waals surface area contributed by atoms with Gasteiger partial charge in [0, 0.05) is 13.1 Å². The highest BCUT2D eigenvalue weighted by atomic mass is 16.4. The maximum atomic E-state index is 9.52. The van der Waals surface area contributed by atoms with E-state index in [1.165, 1.54) is 5.56 Å². The highest BCUT2D eigenvalue weighted by Gasteiger charge is 1.87. The van der Waals surface area contributed by atoms with Crippen molar-refractivity contribution in [2.45, 2.75) is 13.0 Å². The van der Waals surface area contributed by atoms with Gasteiger partial charge in [-0.25, -0.2) is 4.79 Å². The number of carbonyl (C=O) groups is 2. The van der Waals surface area contributed by atoms with Crippen molar-refractivity contribution < 1.29 is 14.7 Å². The number of nitrogens with two attached hydrogens (primary N) is 4. The molecule has 7 nitrogen and oxygen atoms in total. The molecule has 102 valence electrons. The average molecular weight is 256 g/mol. The lowest BCUT2D eigenvalue weighted by Gasteiger charge is -1.90. The third-order valence-electron chi connectivity index (χ3n) is 1.44. The summed E-state index contributed by atoms with van der Waals surface area (Å²) in [5.41, 5.74) is 19.9. The monoisotopic (exact) mass is 256 g/mol. The number of primary amides is 2. The molecule has 9 N–H and O–H groups in total. The van der Waals surface area contributed by atoms with Gasteiger partial charge in [-0.15, -0.1) is 0 Å². The Kier molecular flexibility index (Phi) is 13.1. The minimum atomic E-state index is -0.836. The lowest BCUT2D eigenvalue weighted by Crippen LogP contribution is -2.18. The minimum Gasteiger partial charge on any atom is -0.481 e. The van der Waals surface area contributed by atoms with E-state index in [4.69, 9.17) is 21.4 Å². The fourth-order valence-corrected chi connectivity index (χ4v) is 0.738. The highest BCUT2D eigenvalue weighted by molar-refractivity contribution is 5.69. The Balaban J connectivity index is 0. The first-order valence-corrected chi connectivity index (χ1v) is 5.14. The van der Waals surface area contributed by atoms with E-state index in [1.54, 1.807) is 0 Å². The van der Waals surface area contributed by atoms with E-state index in [1.807, 2.05) is 30.3 Å². The lowest BCUT2D eigenvalue weighted by atomic mass is 10.2. The van der Waals surface area contributed by atoms with Gasteiger partial charge in [0.2, 0.25) is 0 Å². The van der Waals surface area contributed by atoms with E-state index < -0.39 is 12.0 Å². The maximum absolute atomic E-state index is 9.52. The average Bonchev–Trinajstić information content (AvgIpc) is 2.30. The number of carboxylic acid groups (broad SMARTS) is 1. The van der Waals surface area contributed by atoms with Crippen LogP contribution in [0.1, 0.15) is 12.0 Å². The molecule has 0 saturated carbocycles. The molecule has 0 bridgehead atoms. The fourth-order valence-electron chi connectivity index (χ4n) is 0.738. The van der Waals surface area contributed by atoms with Crippen LogP contribution in [0.5, 0.6) is 0 Å². The third-order valence-corrected chi connectivity index (χ3v) is 1.44. The molecule has 0 aliphatic rings. The molecule has 0 heterocycles. The molecule has 0 aliphatic heterocycles. The summed E-state index contributed by atoms with van der Waals surface area (Å²) in [5, 5.41) is 7.83. The second kappa shape index (κ2) is 12.9. The van der Waals surface area contributed by atoms with Gasteiger partial charge in [-0.1, -0.05) is 30.3 Å². The van der Waals surface area contributed by atoms with E-state index in [0.29, 0.717) is 6.54 Å². The first-order chi connectivity index (χ1) is 8.43. The summed E-state index contributed by atoms with van der Waals surface area (Å²) in [6.07, 6.45) is 0.0694. The van der Waals surface area contributed by atoms with Gasteiger partial charge in [-0.2, -0.15) is 0 Å². The molecule has 1 rings (SSSR count). The normalized spacial score (nSPS) is 8.11. The molecular formula is C11H20N4O3. The van der Waals surface area contributed by atoms with Crippen LogP contribution < -0.4 is 22.9 Å². The number of amides is 2. The Morgan fingerprint density at radius 3 is 1.67 bits per heavy atom. The van der Waals surface area contributed by atoms with Crippen molar-refractivity contribution in [3.63, 3.8) is 0 Å². The molecule has 18 heavy (non-hydrogen) atoms. The highest BCUT2D eigenvalue weighted by Crippen LogP contribution is 1.94. The number of carbonyl (C=O) groups excluding carboxylic acids is 1. The SMILES string of the molecule is NC(N)=O.NCCC(=O)O.NCc1ccccc1. The van der Waals surface area contributed by atoms with Crippen LogP contribution >= 0.6 is 0 Å². The molecule has 0 atom stereocenters. The summed E-state index contributed by atoms with van der Waals surface area (Å²) >= 11 is 0. The van der Waals surface area contributed by atoms with Crippen LogP contribution in [0.4, 0.5) is 4.79 Å². The van der Waals surface area contributed by atoms with E-state index in [9.17, 15) is 4.79 Å². The van der Waals surface area contributed by atoms with Crippen molar-refractivity contribution in [2.24, 2.45) is 22.9 Å². The van der Waals surface area contributed by atoms with Crippen molar-refractivity contribution in [3.8, 4) is 0 Å². The first kappa shape index (κ1) is 18.3. The van der Waals surface area contributed by atoms with E-state index in [2.05, 4.69) is 11.5 Å². The van der Waals surface area contributed by atoms with Crippen molar-refractivity contribution >= 4 is 12.0 Å². The van der Waals surface area contributed by atoms with Gasteiger partial charge in [0.15, 0.2) is 0 Å². The number of carboxylic acids is 1. The fraction of sp³-hybridized carbons (Fsp3) is 0.273. The van der Waals surface area contributed by atoms with E-state index in [-0.39, 0.29) is 13.0 Å². The molecule has 0 unspecified atom stereocenters. The van der Waals surface area contributed by atoms with Gasteiger partial charge in [0.1, 0.15) is 0 Å². The van der Waals surface area contributed by atoms with Gasteiger partial charge in [-0.05, 0) is 5.56 Å². The van der Waals surface area contributed by atoms with Gasteiger partial charge < -0.3 is 28.0 Å². The van der Waals surface area contributed by atoms with Crippen LogP contribution in [-0.2, 0) is 11.3 Å². The summed E-state index contributed by atoms with van der Waals surface area (Å²) in [7, 11) is 0. The summed E-state index contributed by atoms with van der Waals surface area (Å²) < 4.78 is 0. The quantitative estimate of drug-likeness (QED) is 0.496. The topological polar surface area (TPSA) is 158 Å². The second-order valence-electron chi connectivity index (χ2n) is 3.02. The minimum absolute atomic E-state index is 0.0694. The summed E-state index contributed by atoms with van der Waals surface area (Å²) in [4.78, 5) is 18.5. The van der Waals surface area contributed by atoms with Gasteiger partial charge in [0.25, 0.3) is 0 Å². The molecule has 0 radical (unpaired) electrons. The Morgan fingerprint density at radius 1 is 1.06 bits per heavy atom. The number of urea groups is 1. The molecule has 0 saturated heterocycles. The molecule has 0 aliphatic carbocycles. The first-order valence-electron chi connectivity index (χ1n) is 5.14. The Bertz CT molecular complexity index is 326. The molecule has 2 amide bonds. The zero-order valence-corrected chi connectivity index (χ0v) is 10.1. The molecule has 0 fully saturated rings. The molecule has 0 spiro atoms. The number of rotatable bonds is 3. The van der Waals surface area contributed by atoms with E-state index >= 15 is 0 Å². The molecule has 7 heteroatoms. The molecule has 1 aromatic rings. The van der Waals surface area contributed by atoms with Crippen molar-refractivity contribution in [1.29, 1.82) is 0 Å². The van der Waals surface area contributed by atoms with Crippen LogP contribution in [0.2, 0.25) is 0 Å². The molecular weight excluding hydrogens is 236 g/mol. The largest absolute Gasteiger partial charge is 0.481 e. The Hall–Kier alpha value is -2.12. The summed E-state index contributed by atoms with van der Waals surface area (Å²) in [5.74, 6) is -0.836. The van der Waals surface area contributed by atoms with Crippen molar-refractivity contribution in [3.05, 3.63) is 35.9 Å². The Morgan fingerprint density at radius 2 is 1.50 bits per heavy atom. The zero-order chi connectivity index (χ0) is 14.4. The van der Waals surface area contributed by atoms with Crippen LogP contribution in [0.3, 0.4) is 0 Å². The van der Waals surface area contributed by atoms with Crippen LogP contribution in [0.25, 0.3) is 0 Å². The number of hydrogen-bond acceptors (Lipinski definition) is 4. The third kappa shape index (κ3) is 19.5. The van der Waals surface area contributed by atoms with Gasteiger partial charge in [0.05, 0.1) is 6.42 Å². The summed E-state index contributed by atoms with van der Waals surface area (Å²) in [6.45, 7) is 0.871. The molecule has 0 aromatic heterocycles. The van der Waals surface area contributed by atoms with Gasteiger partial charge >= 0.3 is 12.0 Å². The van der Waals surface area contributed by atoms with Gasteiger partial charge in [-0.3, -0.25) is 4.79 Å². The van der Waals surface area contributed by atoms with Crippen LogP contribution in [0.15, 0.2) is 30.3 Å². The zero-order valence-electron chi connectivity index (χ0n) is 10.1. The van der Waals surface area contributed by atoms with Crippen molar-refractivity contribution in [1.82, 2.24) is 0 Å². The predicted octanol–water partition coefficient (Wildman–Crippen LogP) is -0.411. The molecule has 1 aromatic carbocycles. The smallest absolute Gasteiger partial charge is 0.309 e. The number of aliphatic carboxylic acids is 1. The number of hydrogen-bond donors (Lipinski definition) is 5. The van der Waals surface area contributed by atoms with Crippen LogP contribution in [0, 0.1) is 0 Å². The lowest BCUT2D eigenvalue weighted by molar-refractivity contribution is -0.136. The van der Waals surface area contributed by atoms with E-state index in [0.717, 1.165) is 0 Å². The standard InChI is InChI=1S/C7H9N.C3H7NO2.CH4N2O/c8-6-7-4-2-1-3-5-7;4-2-1-3(5)6;2-1(3)4/h1-5H,6,8H2;1-2,4H2,(H,5,6);(H4,2,3,4). The number of benzene rings is 1. The second-order valence-corrected chi connectivity index (χ2v) is 3.02. The van der Waals surface area contributed by atoms with Crippen molar-refractivity contribution in [2.75, 3.05) is 6.54 Å². The maximum Gasteiger partial charge on any atom is 0.309 e. The predicted molar refractivity (Wildman–Crippen MR) is 69.4 cm³/mol. The Labute approximate surface area is 106 Å².